The molecular weight excluding hydrogens is 388 g/mol. The summed E-state index contributed by atoms with van der Waals surface area (Å²) < 4.78 is 0. The summed E-state index contributed by atoms with van der Waals surface area (Å²) in [6.07, 6.45) is -0.784. The van der Waals surface area contributed by atoms with Crippen molar-refractivity contribution >= 4 is 39.8 Å². The molecule has 2 heterocycles. The highest BCUT2D eigenvalue weighted by atomic mass is 16.6. The number of nitro groups is 1. The number of hydrogen-bond donors (Lipinski definition) is 0. The van der Waals surface area contributed by atoms with Gasteiger partial charge in [-0.15, -0.1) is 4.91 Å². The van der Waals surface area contributed by atoms with Gasteiger partial charge >= 0.3 is 0 Å². The van der Waals surface area contributed by atoms with Gasteiger partial charge in [0.1, 0.15) is 5.69 Å². The van der Waals surface area contributed by atoms with Crippen molar-refractivity contribution in [3.05, 3.63) is 63.0 Å². The maximum atomic E-state index is 13.5. The number of aromatic nitrogens is 2. The van der Waals surface area contributed by atoms with Crippen LogP contribution in [0.3, 0.4) is 0 Å². The third kappa shape index (κ3) is 2.93. The molecule has 0 atom stereocenters. The highest BCUT2D eigenvalue weighted by molar-refractivity contribution is 6.09. The van der Waals surface area contributed by atoms with E-state index < -0.39 is 16.9 Å². The summed E-state index contributed by atoms with van der Waals surface area (Å²) in [7, 11) is 0. The van der Waals surface area contributed by atoms with Crippen LogP contribution in [0.15, 0.2) is 47.6 Å². The Labute approximate surface area is 171 Å². The standard InChI is InChI=1S/C20H18N6O4/c1-3-24-18-19(22-15-8-6-5-7-14(15)21-18)25(4-2)20(24)17(27)13-10-9-12(26(29)30)11-16(13)23-28/h5-11,20H,3-4H2,1-2H3. The second kappa shape index (κ2) is 7.47. The van der Waals surface area contributed by atoms with Gasteiger partial charge in [0.15, 0.2) is 17.8 Å². The number of Topliss-reactive ketones (excluding diaryl/α,β-unsaturated/α-hetero) is 1. The van der Waals surface area contributed by atoms with Gasteiger partial charge in [-0.05, 0) is 37.2 Å². The molecule has 0 aliphatic carbocycles. The van der Waals surface area contributed by atoms with Gasteiger partial charge in [0.05, 0.1) is 21.5 Å². The van der Waals surface area contributed by atoms with Crippen molar-refractivity contribution in [2.45, 2.75) is 20.0 Å². The quantitative estimate of drug-likeness (QED) is 0.262. The molecule has 1 aromatic heterocycles. The van der Waals surface area contributed by atoms with Crippen LogP contribution >= 0.6 is 0 Å². The lowest BCUT2D eigenvalue weighted by atomic mass is 10.0. The van der Waals surface area contributed by atoms with E-state index in [1.165, 1.54) is 12.1 Å². The number of carbonyl (C=O) groups excluding carboxylic acids is 1. The van der Waals surface area contributed by atoms with Crippen molar-refractivity contribution in [2.75, 3.05) is 22.9 Å². The molecule has 0 N–H and O–H groups in total. The summed E-state index contributed by atoms with van der Waals surface area (Å²) in [5, 5.41) is 13.9. The molecule has 1 aliphatic heterocycles. The summed E-state index contributed by atoms with van der Waals surface area (Å²) in [5.41, 5.74) is 0.886. The number of ketones is 1. The van der Waals surface area contributed by atoms with E-state index in [1.54, 1.807) is 0 Å². The van der Waals surface area contributed by atoms with E-state index in [4.69, 9.17) is 9.97 Å². The summed E-state index contributed by atoms with van der Waals surface area (Å²) in [6.45, 7) is 4.75. The molecule has 10 nitrogen and oxygen atoms in total. The molecule has 0 unspecified atom stereocenters. The number of nitrogens with zero attached hydrogens (tertiary/aromatic N) is 6. The third-order valence-electron chi connectivity index (χ3n) is 5.14. The topological polar surface area (TPSA) is 122 Å². The summed E-state index contributed by atoms with van der Waals surface area (Å²) in [5.74, 6) is 0.768. The molecule has 0 bridgehead atoms. The Morgan fingerprint density at radius 3 is 2.10 bits per heavy atom. The Bertz CT molecular complexity index is 1130. The SMILES string of the molecule is CCN1c2nc3ccccc3nc2N(CC)C1C(=O)c1ccc([N+](=O)[O-])cc1N=O. The lowest BCUT2D eigenvalue weighted by Gasteiger charge is -2.29. The molecule has 3 aromatic rings. The highest BCUT2D eigenvalue weighted by Crippen LogP contribution is 2.39. The molecule has 0 saturated carbocycles. The monoisotopic (exact) mass is 406 g/mol. The molecule has 152 valence electrons. The number of fused-ring (bicyclic) bond motifs is 2. The van der Waals surface area contributed by atoms with Crippen LogP contribution in [0.4, 0.5) is 23.0 Å². The molecule has 0 amide bonds. The number of nitro benzene ring substituents is 1. The van der Waals surface area contributed by atoms with Gasteiger partial charge in [0, 0.05) is 25.2 Å². The first-order valence-electron chi connectivity index (χ1n) is 9.46. The van der Waals surface area contributed by atoms with Gasteiger partial charge < -0.3 is 9.80 Å². The summed E-state index contributed by atoms with van der Waals surface area (Å²) in [6, 6.07) is 10.9. The van der Waals surface area contributed by atoms with Gasteiger partial charge in [-0.1, -0.05) is 12.1 Å². The van der Waals surface area contributed by atoms with Crippen LogP contribution in [0.1, 0.15) is 24.2 Å². The molecule has 10 heteroatoms. The number of benzene rings is 2. The number of para-hydroxylation sites is 2. The molecular formula is C20H18N6O4. The Morgan fingerprint density at radius 2 is 1.63 bits per heavy atom. The number of rotatable bonds is 6. The van der Waals surface area contributed by atoms with Gasteiger partial charge in [-0.25, -0.2) is 9.97 Å². The van der Waals surface area contributed by atoms with Crippen LogP contribution in [-0.4, -0.2) is 39.9 Å². The number of non-ortho nitro benzene ring substituents is 1. The third-order valence-corrected chi connectivity index (χ3v) is 5.14. The normalized spacial score (nSPS) is 13.5. The average Bonchev–Trinajstić information content (AvgIpc) is 3.08. The Hall–Kier alpha value is -3.95. The Balaban J connectivity index is 1.83. The van der Waals surface area contributed by atoms with Gasteiger partial charge in [0.25, 0.3) is 5.69 Å². The molecule has 0 radical (unpaired) electrons. The fraction of sp³-hybridized carbons (Fsp3) is 0.250. The van der Waals surface area contributed by atoms with Crippen LogP contribution < -0.4 is 9.80 Å². The fourth-order valence-corrected chi connectivity index (χ4v) is 3.75. The van der Waals surface area contributed by atoms with Gasteiger partial charge in [0.2, 0.25) is 5.78 Å². The highest BCUT2D eigenvalue weighted by Gasteiger charge is 2.42. The maximum Gasteiger partial charge on any atom is 0.271 e. The molecule has 0 fully saturated rings. The molecule has 4 rings (SSSR count). The van der Waals surface area contributed by atoms with E-state index in [0.717, 1.165) is 6.07 Å². The van der Waals surface area contributed by atoms with Crippen LogP contribution in [-0.2, 0) is 0 Å². The van der Waals surface area contributed by atoms with Crippen LogP contribution in [0.25, 0.3) is 11.0 Å². The summed E-state index contributed by atoms with van der Waals surface area (Å²) >= 11 is 0. The predicted octanol–water partition coefficient (Wildman–Crippen LogP) is 3.81. The van der Waals surface area contributed by atoms with E-state index in [0.29, 0.717) is 35.8 Å². The van der Waals surface area contributed by atoms with Crippen molar-refractivity contribution in [3.8, 4) is 0 Å². The second-order valence-corrected chi connectivity index (χ2v) is 6.72. The average molecular weight is 406 g/mol. The minimum Gasteiger partial charge on any atom is -0.327 e. The number of anilines is 2. The second-order valence-electron chi connectivity index (χ2n) is 6.72. The van der Waals surface area contributed by atoms with Crippen LogP contribution in [0.2, 0.25) is 0 Å². The van der Waals surface area contributed by atoms with E-state index in [-0.39, 0.29) is 16.9 Å². The molecule has 0 saturated heterocycles. The smallest absolute Gasteiger partial charge is 0.271 e. The largest absolute Gasteiger partial charge is 0.327 e. The van der Waals surface area contributed by atoms with Crippen molar-refractivity contribution < 1.29 is 9.72 Å². The maximum absolute atomic E-state index is 13.5. The lowest BCUT2D eigenvalue weighted by molar-refractivity contribution is -0.384. The number of hydrogen-bond acceptors (Lipinski definition) is 9. The first-order valence-corrected chi connectivity index (χ1v) is 9.46. The van der Waals surface area contributed by atoms with Crippen molar-refractivity contribution in [1.82, 2.24) is 9.97 Å². The zero-order chi connectivity index (χ0) is 21.4. The minimum absolute atomic E-state index is 0.0230. The zero-order valence-electron chi connectivity index (χ0n) is 16.3. The van der Waals surface area contributed by atoms with E-state index in [9.17, 15) is 19.8 Å². The zero-order valence-corrected chi connectivity index (χ0v) is 16.3. The predicted molar refractivity (Wildman–Crippen MR) is 112 cm³/mol. The van der Waals surface area contributed by atoms with Gasteiger partial charge in [-0.3, -0.25) is 14.9 Å². The Morgan fingerprint density at radius 1 is 1.07 bits per heavy atom. The van der Waals surface area contributed by atoms with E-state index >= 15 is 0 Å². The lowest BCUT2D eigenvalue weighted by Crippen LogP contribution is -2.49. The van der Waals surface area contributed by atoms with E-state index in [2.05, 4.69) is 5.18 Å². The molecule has 2 aromatic carbocycles. The molecule has 30 heavy (non-hydrogen) atoms. The Kier molecular flexibility index (Phi) is 4.82. The van der Waals surface area contributed by atoms with Crippen molar-refractivity contribution in [1.29, 1.82) is 0 Å². The fourth-order valence-electron chi connectivity index (χ4n) is 3.75. The van der Waals surface area contributed by atoms with Crippen molar-refractivity contribution in [2.24, 2.45) is 5.18 Å². The first kappa shape index (κ1) is 19.4. The minimum atomic E-state index is -0.784. The van der Waals surface area contributed by atoms with Crippen LogP contribution in [0.5, 0.6) is 0 Å². The van der Waals surface area contributed by atoms with Crippen molar-refractivity contribution in [3.63, 3.8) is 0 Å². The molecule has 0 spiro atoms. The number of carbonyl (C=O) groups is 1. The number of likely N-dealkylation sites (N-methyl/N-ethyl adjacent to an activating group) is 2. The molecule has 1 aliphatic rings. The first-order chi connectivity index (χ1) is 14.5. The van der Waals surface area contributed by atoms with Gasteiger partial charge in [-0.2, -0.15) is 0 Å². The van der Waals surface area contributed by atoms with Crippen LogP contribution in [0, 0.1) is 15.0 Å². The summed E-state index contributed by atoms with van der Waals surface area (Å²) in [4.78, 5) is 48.2. The van der Waals surface area contributed by atoms with E-state index in [1.807, 2.05) is 47.9 Å². The number of nitroso groups, excluding NO2 is 1.